The lowest BCUT2D eigenvalue weighted by Gasteiger charge is -2.43. The number of rotatable bonds is 3. The zero-order chi connectivity index (χ0) is 20.0. The SMILES string of the molecule is C[C@@H]1OC(C2CCC(C3CC(=O)N(C4CCC5CNCCC5C4)C3)CC2)O[C@H]1C. The van der Waals surface area contributed by atoms with E-state index >= 15 is 0 Å². The van der Waals surface area contributed by atoms with Gasteiger partial charge in [0.1, 0.15) is 0 Å². The van der Waals surface area contributed by atoms with E-state index in [4.69, 9.17) is 9.47 Å². The molecule has 5 heteroatoms. The van der Waals surface area contributed by atoms with Crippen LogP contribution in [-0.4, -0.2) is 55.0 Å². The minimum atomic E-state index is 0.00262. The van der Waals surface area contributed by atoms with Gasteiger partial charge < -0.3 is 19.7 Å². The Bertz CT molecular complexity index is 581. The highest BCUT2D eigenvalue weighted by atomic mass is 16.7. The Hall–Kier alpha value is -0.650. The van der Waals surface area contributed by atoms with E-state index in [1.165, 1.54) is 64.5 Å². The number of carbonyl (C=O) groups excluding carboxylic acids is 1. The highest BCUT2D eigenvalue weighted by molar-refractivity contribution is 5.79. The van der Waals surface area contributed by atoms with E-state index in [0.717, 1.165) is 24.8 Å². The van der Waals surface area contributed by atoms with E-state index in [1.54, 1.807) is 0 Å². The van der Waals surface area contributed by atoms with Gasteiger partial charge in [0.15, 0.2) is 6.29 Å². The second-order valence-corrected chi connectivity index (χ2v) is 10.7. The van der Waals surface area contributed by atoms with Crippen LogP contribution in [0.3, 0.4) is 0 Å². The number of amides is 1. The molecule has 6 atom stereocenters. The van der Waals surface area contributed by atoms with E-state index in [0.29, 0.717) is 29.7 Å². The van der Waals surface area contributed by atoms with E-state index in [9.17, 15) is 4.79 Å². The van der Waals surface area contributed by atoms with E-state index in [-0.39, 0.29) is 18.5 Å². The summed E-state index contributed by atoms with van der Waals surface area (Å²) in [5.74, 6) is 3.98. The second-order valence-electron chi connectivity index (χ2n) is 10.7. The Balaban J connectivity index is 1.12. The highest BCUT2D eigenvalue weighted by Crippen LogP contribution is 2.43. The van der Waals surface area contributed by atoms with Crippen LogP contribution in [0.2, 0.25) is 0 Å². The number of fused-ring (bicyclic) bond motifs is 1. The standard InChI is InChI=1S/C24H40N2O3/c1-15-16(2)29-24(28-15)18-5-3-17(4-6-18)21-12-23(27)26(14-21)22-8-7-20-13-25-10-9-19(20)11-22/h15-22,24-25H,3-14H2,1-2H3/t15-,16-,17?,18?,19?,20?,21?,22?/m0/s1. The maximum atomic E-state index is 12.9. The molecule has 2 aliphatic carbocycles. The van der Waals surface area contributed by atoms with Crippen molar-refractivity contribution < 1.29 is 14.3 Å². The largest absolute Gasteiger partial charge is 0.347 e. The Labute approximate surface area is 176 Å². The molecular formula is C24H40N2O3. The topological polar surface area (TPSA) is 50.8 Å². The Morgan fingerprint density at radius 1 is 0.828 bits per heavy atom. The summed E-state index contributed by atoms with van der Waals surface area (Å²) in [6, 6.07) is 0.520. The first-order valence-corrected chi connectivity index (χ1v) is 12.4. The molecule has 0 radical (unpaired) electrons. The van der Waals surface area contributed by atoms with E-state index in [2.05, 4.69) is 24.1 Å². The van der Waals surface area contributed by atoms with Gasteiger partial charge in [0.2, 0.25) is 5.91 Å². The number of nitrogens with zero attached hydrogens (tertiary/aromatic N) is 1. The normalized spacial score (nSPS) is 46.8. The van der Waals surface area contributed by atoms with Gasteiger partial charge in [0.05, 0.1) is 12.2 Å². The fourth-order valence-corrected chi connectivity index (χ4v) is 7.00. The fraction of sp³-hybridized carbons (Fsp3) is 0.958. The first kappa shape index (κ1) is 20.3. The smallest absolute Gasteiger partial charge is 0.223 e. The molecule has 3 heterocycles. The van der Waals surface area contributed by atoms with Gasteiger partial charge in [-0.3, -0.25) is 4.79 Å². The van der Waals surface area contributed by atoms with Gasteiger partial charge in [0, 0.05) is 24.9 Å². The molecule has 1 N–H and O–H groups in total. The van der Waals surface area contributed by atoms with Crippen LogP contribution in [0.25, 0.3) is 0 Å². The van der Waals surface area contributed by atoms with Crippen LogP contribution in [0.15, 0.2) is 0 Å². The summed E-state index contributed by atoms with van der Waals surface area (Å²) in [6.45, 7) is 7.63. The molecule has 0 aromatic heterocycles. The fourth-order valence-electron chi connectivity index (χ4n) is 7.00. The molecule has 3 saturated heterocycles. The van der Waals surface area contributed by atoms with Crippen LogP contribution < -0.4 is 5.32 Å². The van der Waals surface area contributed by atoms with Gasteiger partial charge in [-0.1, -0.05) is 0 Å². The van der Waals surface area contributed by atoms with Crippen molar-refractivity contribution in [3.8, 4) is 0 Å². The number of carbonyl (C=O) groups is 1. The van der Waals surface area contributed by atoms with Crippen molar-refractivity contribution in [1.82, 2.24) is 10.2 Å². The second kappa shape index (κ2) is 8.47. The maximum absolute atomic E-state index is 12.9. The van der Waals surface area contributed by atoms with Crippen molar-refractivity contribution in [3.63, 3.8) is 0 Å². The summed E-state index contributed by atoms with van der Waals surface area (Å²) in [5.41, 5.74) is 0. The van der Waals surface area contributed by atoms with Crippen molar-refractivity contribution in [1.29, 1.82) is 0 Å². The lowest BCUT2D eigenvalue weighted by molar-refractivity contribution is -0.131. The molecule has 0 aromatic carbocycles. The van der Waals surface area contributed by atoms with Crippen molar-refractivity contribution >= 4 is 5.91 Å². The molecule has 5 fully saturated rings. The van der Waals surface area contributed by atoms with Crippen molar-refractivity contribution in [2.24, 2.45) is 29.6 Å². The van der Waals surface area contributed by atoms with Gasteiger partial charge in [-0.15, -0.1) is 0 Å². The lowest BCUT2D eigenvalue weighted by Crippen LogP contribution is -2.47. The summed E-state index contributed by atoms with van der Waals surface area (Å²) < 4.78 is 12.1. The average Bonchev–Trinajstić information content (AvgIpc) is 3.30. The molecular weight excluding hydrogens is 364 g/mol. The van der Waals surface area contributed by atoms with Gasteiger partial charge in [-0.25, -0.2) is 0 Å². The van der Waals surface area contributed by atoms with Crippen molar-refractivity contribution in [2.45, 2.75) is 96.2 Å². The van der Waals surface area contributed by atoms with Crippen LogP contribution in [0, 0.1) is 29.6 Å². The third kappa shape index (κ3) is 4.12. The van der Waals surface area contributed by atoms with Gasteiger partial charge >= 0.3 is 0 Å². The first-order chi connectivity index (χ1) is 14.1. The van der Waals surface area contributed by atoms with E-state index in [1.807, 2.05) is 0 Å². The minimum absolute atomic E-state index is 0.00262. The molecule has 4 unspecified atom stereocenters. The monoisotopic (exact) mass is 404 g/mol. The highest BCUT2D eigenvalue weighted by Gasteiger charge is 2.44. The lowest BCUT2D eigenvalue weighted by atomic mass is 9.73. The third-order valence-electron chi connectivity index (χ3n) is 9.07. The molecule has 29 heavy (non-hydrogen) atoms. The number of likely N-dealkylation sites (tertiary alicyclic amines) is 1. The molecule has 0 bridgehead atoms. The van der Waals surface area contributed by atoms with Crippen LogP contribution in [0.4, 0.5) is 0 Å². The molecule has 164 valence electrons. The predicted molar refractivity (Wildman–Crippen MR) is 112 cm³/mol. The van der Waals surface area contributed by atoms with Gasteiger partial charge in [0.25, 0.3) is 0 Å². The molecule has 2 saturated carbocycles. The zero-order valence-electron chi connectivity index (χ0n) is 18.4. The number of piperidine rings is 1. The van der Waals surface area contributed by atoms with Crippen LogP contribution in [0.1, 0.15) is 71.6 Å². The summed E-state index contributed by atoms with van der Waals surface area (Å²) in [5, 5.41) is 3.56. The summed E-state index contributed by atoms with van der Waals surface area (Å²) >= 11 is 0. The average molecular weight is 405 g/mol. The van der Waals surface area contributed by atoms with Gasteiger partial charge in [-0.05, 0) is 102 Å². The van der Waals surface area contributed by atoms with Crippen molar-refractivity contribution in [3.05, 3.63) is 0 Å². The number of ether oxygens (including phenoxy) is 2. The van der Waals surface area contributed by atoms with Crippen LogP contribution >= 0.6 is 0 Å². The Morgan fingerprint density at radius 2 is 1.52 bits per heavy atom. The van der Waals surface area contributed by atoms with Gasteiger partial charge in [-0.2, -0.15) is 0 Å². The molecule has 5 aliphatic rings. The molecule has 3 aliphatic heterocycles. The molecule has 5 nitrogen and oxygen atoms in total. The summed E-state index contributed by atoms with van der Waals surface area (Å²) in [6.07, 6.45) is 11.2. The van der Waals surface area contributed by atoms with Crippen LogP contribution in [-0.2, 0) is 14.3 Å². The summed E-state index contributed by atoms with van der Waals surface area (Å²) in [7, 11) is 0. The number of nitrogens with one attached hydrogen (secondary N) is 1. The third-order valence-corrected chi connectivity index (χ3v) is 9.07. The number of hydrogen-bond donors (Lipinski definition) is 1. The Morgan fingerprint density at radius 3 is 2.28 bits per heavy atom. The molecule has 0 spiro atoms. The zero-order valence-corrected chi connectivity index (χ0v) is 18.4. The summed E-state index contributed by atoms with van der Waals surface area (Å²) in [4.78, 5) is 15.2. The quantitative estimate of drug-likeness (QED) is 0.781. The molecule has 1 amide bonds. The Kier molecular flexibility index (Phi) is 5.92. The first-order valence-electron chi connectivity index (χ1n) is 12.4. The van der Waals surface area contributed by atoms with Crippen molar-refractivity contribution in [2.75, 3.05) is 19.6 Å². The van der Waals surface area contributed by atoms with Crippen LogP contribution in [0.5, 0.6) is 0 Å². The molecule has 0 aromatic rings. The van der Waals surface area contributed by atoms with E-state index < -0.39 is 0 Å². The maximum Gasteiger partial charge on any atom is 0.223 e. The number of hydrogen-bond acceptors (Lipinski definition) is 4. The predicted octanol–water partition coefficient (Wildman–Crippen LogP) is 3.57. The minimum Gasteiger partial charge on any atom is -0.347 e. The molecule has 5 rings (SSSR count).